The number of urea groups is 1. The Labute approximate surface area is 123 Å². The van der Waals surface area contributed by atoms with E-state index in [1.165, 1.54) is 4.90 Å². The molecule has 0 unspecified atom stereocenters. The average molecular weight is 293 g/mol. The van der Waals surface area contributed by atoms with Gasteiger partial charge in [0.1, 0.15) is 6.54 Å². The van der Waals surface area contributed by atoms with E-state index >= 15 is 0 Å². The van der Waals surface area contributed by atoms with Gasteiger partial charge in [-0.15, -0.1) is 0 Å². The van der Waals surface area contributed by atoms with Crippen LogP contribution >= 0.6 is 0 Å². The van der Waals surface area contributed by atoms with Crippen molar-refractivity contribution in [1.82, 2.24) is 10.2 Å². The zero-order valence-electron chi connectivity index (χ0n) is 12.1. The van der Waals surface area contributed by atoms with Crippen LogP contribution in [0.3, 0.4) is 0 Å². The SMILES string of the molecule is CCN(C)C(=O)CNC(=O)N(CC(=O)O)c1ccccc1. The van der Waals surface area contributed by atoms with Gasteiger partial charge in [0.05, 0.1) is 6.54 Å². The van der Waals surface area contributed by atoms with Crippen LogP contribution in [0, 0.1) is 0 Å². The Morgan fingerprint density at radius 1 is 1.19 bits per heavy atom. The highest BCUT2D eigenvalue weighted by Crippen LogP contribution is 2.12. The van der Waals surface area contributed by atoms with Gasteiger partial charge in [0, 0.05) is 19.3 Å². The first-order valence-electron chi connectivity index (χ1n) is 6.51. The van der Waals surface area contributed by atoms with E-state index in [1.54, 1.807) is 37.4 Å². The molecule has 0 aromatic heterocycles. The molecule has 0 fully saturated rings. The van der Waals surface area contributed by atoms with Gasteiger partial charge in [0.2, 0.25) is 5.91 Å². The van der Waals surface area contributed by atoms with Crippen LogP contribution in [0.1, 0.15) is 6.92 Å². The Bertz CT molecular complexity index is 504. The number of carbonyl (C=O) groups is 3. The van der Waals surface area contributed by atoms with Gasteiger partial charge < -0.3 is 15.3 Å². The number of carbonyl (C=O) groups excluding carboxylic acids is 2. The smallest absolute Gasteiger partial charge is 0.323 e. The Kier molecular flexibility index (Phi) is 6.19. The molecule has 1 rings (SSSR count). The van der Waals surface area contributed by atoms with E-state index < -0.39 is 18.5 Å². The number of rotatable bonds is 6. The molecule has 0 aliphatic heterocycles. The number of benzene rings is 1. The minimum Gasteiger partial charge on any atom is -0.480 e. The Hall–Kier alpha value is -2.57. The Morgan fingerprint density at radius 2 is 1.81 bits per heavy atom. The van der Waals surface area contributed by atoms with E-state index in [9.17, 15) is 14.4 Å². The molecule has 0 aliphatic carbocycles. The molecule has 3 amide bonds. The summed E-state index contributed by atoms with van der Waals surface area (Å²) in [6.07, 6.45) is 0. The molecule has 0 bridgehead atoms. The standard InChI is InChI=1S/C14H19N3O4/c1-3-16(2)12(18)9-15-14(21)17(10-13(19)20)11-7-5-4-6-8-11/h4-8H,3,9-10H2,1-2H3,(H,15,21)(H,19,20). The van der Waals surface area contributed by atoms with Crippen LogP contribution in [0.5, 0.6) is 0 Å². The molecule has 114 valence electrons. The number of anilines is 1. The van der Waals surface area contributed by atoms with Crippen LogP contribution in [-0.4, -0.2) is 54.6 Å². The van der Waals surface area contributed by atoms with E-state index in [0.717, 1.165) is 4.90 Å². The lowest BCUT2D eigenvalue weighted by Crippen LogP contribution is -2.46. The van der Waals surface area contributed by atoms with Crippen LogP contribution in [0.2, 0.25) is 0 Å². The molecular formula is C14H19N3O4. The van der Waals surface area contributed by atoms with Crippen molar-refractivity contribution in [2.45, 2.75) is 6.92 Å². The number of hydrogen-bond acceptors (Lipinski definition) is 3. The van der Waals surface area contributed by atoms with Gasteiger partial charge in [-0.2, -0.15) is 0 Å². The second-order valence-corrected chi connectivity index (χ2v) is 4.38. The largest absolute Gasteiger partial charge is 0.480 e. The van der Waals surface area contributed by atoms with E-state index in [4.69, 9.17) is 5.11 Å². The van der Waals surface area contributed by atoms with Gasteiger partial charge >= 0.3 is 12.0 Å². The molecule has 1 aromatic carbocycles. The number of amides is 3. The number of nitrogens with zero attached hydrogens (tertiary/aromatic N) is 2. The number of carboxylic acids is 1. The quantitative estimate of drug-likeness (QED) is 0.810. The fraction of sp³-hybridized carbons (Fsp3) is 0.357. The number of nitrogens with one attached hydrogen (secondary N) is 1. The van der Waals surface area contributed by atoms with Crippen molar-refractivity contribution in [3.05, 3.63) is 30.3 Å². The van der Waals surface area contributed by atoms with Crippen molar-refractivity contribution in [1.29, 1.82) is 0 Å². The van der Waals surface area contributed by atoms with Crippen molar-refractivity contribution in [3.63, 3.8) is 0 Å². The first kappa shape index (κ1) is 16.5. The summed E-state index contributed by atoms with van der Waals surface area (Å²) in [5.74, 6) is -1.37. The van der Waals surface area contributed by atoms with E-state index in [2.05, 4.69) is 5.32 Å². The summed E-state index contributed by atoms with van der Waals surface area (Å²) in [7, 11) is 1.63. The highest BCUT2D eigenvalue weighted by Gasteiger charge is 2.19. The van der Waals surface area contributed by atoms with Gasteiger partial charge in [0.15, 0.2) is 0 Å². The molecule has 0 spiro atoms. The average Bonchev–Trinajstić information content (AvgIpc) is 2.49. The predicted octanol–water partition coefficient (Wildman–Crippen LogP) is 0.766. The summed E-state index contributed by atoms with van der Waals surface area (Å²) < 4.78 is 0. The van der Waals surface area contributed by atoms with Crippen LogP contribution in [-0.2, 0) is 9.59 Å². The fourth-order valence-corrected chi connectivity index (χ4v) is 1.58. The molecule has 7 nitrogen and oxygen atoms in total. The van der Waals surface area contributed by atoms with Crippen LogP contribution < -0.4 is 10.2 Å². The molecule has 0 saturated carbocycles. The summed E-state index contributed by atoms with van der Waals surface area (Å²) in [4.78, 5) is 37.1. The first-order chi connectivity index (χ1) is 9.95. The minimum atomic E-state index is -1.13. The maximum atomic E-state index is 12.1. The maximum absolute atomic E-state index is 12.1. The molecule has 2 N–H and O–H groups in total. The van der Waals surface area contributed by atoms with Gasteiger partial charge in [-0.3, -0.25) is 14.5 Å². The first-order valence-corrected chi connectivity index (χ1v) is 6.51. The molecular weight excluding hydrogens is 274 g/mol. The number of carboxylic acid groups (broad SMARTS) is 1. The predicted molar refractivity (Wildman–Crippen MR) is 78.1 cm³/mol. The zero-order chi connectivity index (χ0) is 15.8. The Balaban J connectivity index is 2.73. The van der Waals surface area contributed by atoms with Crippen LogP contribution in [0.15, 0.2) is 30.3 Å². The second-order valence-electron chi connectivity index (χ2n) is 4.38. The highest BCUT2D eigenvalue weighted by atomic mass is 16.4. The molecule has 0 heterocycles. The third kappa shape index (κ3) is 5.13. The normalized spacial score (nSPS) is 9.81. The van der Waals surface area contributed by atoms with Crippen molar-refractivity contribution >= 4 is 23.6 Å². The summed E-state index contributed by atoms with van der Waals surface area (Å²) in [5, 5.41) is 11.3. The summed E-state index contributed by atoms with van der Waals surface area (Å²) in [5.41, 5.74) is 0.452. The van der Waals surface area contributed by atoms with Crippen molar-refractivity contribution in [2.75, 3.05) is 31.6 Å². The summed E-state index contributed by atoms with van der Waals surface area (Å²) >= 11 is 0. The third-order valence-electron chi connectivity index (χ3n) is 2.90. The monoisotopic (exact) mass is 293 g/mol. The van der Waals surface area contributed by atoms with E-state index in [-0.39, 0.29) is 12.5 Å². The third-order valence-corrected chi connectivity index (χ3v) is 2.90. The van der Waals surface area contributed by atoms with Gasteiger partial charge in [-0.25, -0.2) is 4.79 Å². The number of aliphatic carboxylic acids is 1. The molecule has 7 heteroatoms. The van der Waals surface area contributed by atoms with Crippen molar-refractivity contribution in [2.24, 2.45) is 0 Å². The number of likely N-dealkylation sites (N-methyl/N-ethyl adjacent to an activating group) is 1. The topological polar surface area (TPSA) is 90.0 Å². The molecule has 0 aliphatic rings. The maximum Gasteiger partial charge on any atom is 0.323 e. The molecule has 0 saturated heterocycles. The molecule has 0 atom stereocenters. The van der Waals surface area contributed by atoms with Gasteiger partial charge in [0.25, 0.3) is 0 Å². The zero-order valence-corrected chi connectivity index (χ0v) is 12.1. The molecule has 1 aromatic rings. The van der Waals surface area contributed by atoms with Gasteiger partial charge in [-0.1, -0.05) is 18.2 Å². The number of hydrogen-bond donors (Lipinski definition) is 2. The summed E-state index contributed by atoms with van der Waals surface area (Å²) in [6.45, 7) is 1.70. The lowest BCUT2D eigenvalue weighted by atomic mass is 10.3. The van der Waals surface area contributed by atoms with E-state index in [1.807, 2.05) is 6.92 Å². The van der Waals surface area contributed by atoms with Crippen molar-refractivity contribution < 1.29 is 19.5 Å². The summed E-state index contributed by atoms with van der Waals surface area (Å²) in [6, 6.07) is 7.80. The molecule has 21 heavy (non-hydrogen) atoms. The highest BCUT2D eigenvalue weighted by molar-refractivity contribution is 5.97. The van der Waals surface area contributed by atoms with E-state index in [0.29, 0.717) is 12.2 Å². The number of para-hydroxylation sites is 1. The fourth-order valence-electron chi connectivity index (χ4n) is 1.58. The van der Waals surface area contributed by atoms with Crippen LogP contribution in [0.25, 0.3) is 0 Å². The molecule has 0 radical (unpaired) electrons. The lowest BCUT2D eigenvalue weighted by Gasteiger charge is -2.22. The minimum absolute atomic E-state index is 0.174. The lowest BCUT2D eigenvalue weighted by molar-refractivity contribution is -0.135. The van der Waals surface area contributed by atoms with Crippen LogP contribution in [0.4, 0.5) is 10.5 Å². The Morgan fingerprint density at radius 3 is 2.33 bits per heavy atom. The second kappa shape index (κ2) is 7.88. The van der Waals surface area contributed by atoms with Gasteiger partial charge in [-0.05, 0) is 19.1 Å². The van der Waals surface area contributed by atoms with Crippen molar-refractivity contribution in [3.8, 4) is 0 Å².